The third-order valence-corrected chi connectivity index (χ3v) is 7.54. The molecule has 4 heterocycles. The van der Waals surface area contributed by atoms with Gasteiger partial charge in [-0.05, 0) is 37.1 Å². The Balaban J connectivity index is 1.28. The van der Waals surface area contributed by atoms with Gasteiger partial charge in [-0.1, -0.05) is 0 Å². The Labute approximate surface area is 199 Å². The predicted molar refractivity (Wildman–Crippen MR) is 125 cm³/mol. The van der Waals surface area contributed by atoms with Gasteiger partial charge in [0, 0.05) is 44.4 Å². The number of nitrogens with zero attached hydrogens (tertiary/aromatic N) is 3. The highest BCUT2D eigenvalue weighted by atomic mass is 32.2. The van der Waals surface area contributed by atoms with E-state index >= 15 is 0 Å². The Morgan fingerprint density at radius 1 is 1.09 bits per heavy atom. The number of fused-ring (bicyclic) bond motifs is 1. The molecule has 3 aliphatic rings. The van der Waals surface area contributed by atoms with Gasteiger partial charge in [0.1, 0.15) is 24.2 Å². The molecular weight excluding hydrogens is 458 g/mol. The number of likely N-dealkylation sites (tertiary alicyclic amines) is 1. The third-order valence-electron chi connectivity index (χ3n) is 6.54. The van der Waals surface area contributed by atoms with Gasteiger partial charge in [0.2, 0.25) is 5.91 Å². The maximum atomic E-state index is 12.8. The van der Waals surface area contributed by atoms with Crippen molar-refractivity contribution in [1.82, 2.24) is 9.88 Å². The normalized spacial score (nSPS) is 21.1. The zero-order valence-corrected chi connectivity index (χ0v) is 20.0. The molecule has 1 amide bonds. The van der Waals surface area contributed by atoms with E-state index in [0.717, 1.165) is 42.6 Å². The molecule has 1 atom stereocenters. The molecule has 0 spiro atoms. The molecule has 0 unspecified atom stereocenters. The summed E-state index contributed by atoms with van der Waals surface area (Å²) in [7, 11) is -3.36. The second-order valence-corrected chi connectivity index (χ2v) is 10.9. The highest BCUT2D eigenvalue weighted by molar-refractivity contribution is 7.90. The number of hydrogen-bond acceptors (Lipinski definition) is 8. The number of benzene rings is 1. The predicted octanol–water partition coefficient (Wildman–Crippen LogP) is 2.42. The van der Waals surface area contributed by atoms with Gasteiger partial charge in [-0.2, -0.15) is 0 Å². The number of rotatable bonds is 5. The van der Waals surface area contributed by atoms with Gasteiger partial charge in [-0.3, -0.25) is 4.79 Å². The summed E-state index contributed by atoms with van der Waals surface area (Å²) < 4.78 is 40.9. The minimum absolute atomic E-state index is 0.0444. The zero-order chi connectivity index (χ0) is 23.7. The van der Waals surface area contributed by atoms with E-state index in [1.807, 2.05) is 28.0 Å². The lowest BCUT2D eigenvalue weighted by Gasteiger charge is -2.31. The lowest BCUT2D eigenvalue weighted by molar-refractivity contribution is -0.137. The fraction of sp³-hybridized carbons (Fsp3) is 0.500. The summed E-state index contributed by atoms with van der Waals surface area (Å²) >= 11 is 0. The van der Waals surface area contributed by atoms with Gasteiger partial charge in [0.15, 0.2) is 14.9 Å². The van der Waals surface area contributed by atoms with E-state index in [2.05, 4.69) is 4.98 Å². The van der Waals surface area contributed by atoms with Crippen molar-refractivity contribution in [1.29, 1.82) is 0 Å². The van der Waals surface area contributed by atoms with Crippen molar-refractivity contribution in [2.45, 2.75) is 30.4 Å². The molecule has 0 N–H and O–H groups in total. The maximum Gasteiger partial charge on any atom is 0.225 e. The van der Waals surface area contributed by atoms with Gasteiger partial charge in [0.25, 0.3) is 0 Å². The number of hydrogen-bond donors (Lipinski definition) is 0. The van der Waals surface area contributed by atoms with E-state index < -0.39 is 9.84 Å². The summed E-state index contributed by atoms with van der Waals surface area (Å²) in [4.78, 5) is 20.9. The first-order valence-electron chi connectivity index (χ1n) is 11.6. The Hall–Kier alpha value is -2.85. The average molecular weight is 488 g/mol. The van der Waals surface area contributed by atoms with Crippen LogP contribution in [0.4, 0.5) is 11.4 Å². The molecule has 9 nitrogen and oxygen atoms in total. The van der Waals surface area contributed by atoms with Crippen molar-refractivity contribution < 1.29 is 27.4 Å². The van der Waals surface area contributed by atoms with Crippen LogP contribution in [0, 0.1) is 5.92 Å². The van der Waals surface area contributed by atoms with Crippen molar-refractivity contribution in [3.8, 4) is 11.5 Å². The molecular formula is C24H29N3O6S. The number of carbonyl (C=O) groups excluding carboxylic acids is 1. The summed E-state index contributed by atoms with van der Waals surface area (Å²) in [6.45, 7) is 3.72. The minimum Gasteiger partial charge on any atom is -0.490 e. The van der Waals surface area contributed by atoms with E-state index in [9.17, 15) is 13.2 Å². The average Bonchev–Trinajstić information content (AvgIpc) is 3.31. The van der Waals surface area contributed by atoms with Crippen LogP contribution in [-0.2, 0) is 19.4 Å². The fourth-order valence-corrected chi connectivity index (χ4v) is 5.27. The maximum absolute atomic E-state index is 12.8. The van der Waals surface area contributed by atoms with E-state index in [4.69, 9.17) is 14.2 Å². The molecule has 182 valence electrons. The van der Waals surface area contributed by atoms with Crippen LogP contribution in [0.2, 0.25) is 0 Å². The third kappa shape index (κ3) is 4.83. The standard InChI is InChI=1S/C24H29N3O6S/c1-34(29,30)23-5-2-18(15-25-23)27-10-13-32-22-4-3-19(14-21(22)27)33-20-6-9-26(16-20)24(28)17-7-11-31-12-8-17/h2-5,14-15,17,20H,6-13,16H2,1H3/t20-/m0/s1. The van der Waals surface area contributed by atoms with Crippen LogP contribution in [0.1, 0.15) is 19.3 Å². The Morgan fingerprint density at radius 2 is 1.91 bits per heavy atom. The molecule has 0 aliphatic carbocycles. The summed E-state index contributed by atoms with van der Waals surface area (Å²) in [6.07, 6.45) is 5.03. The topological polar surface area (TPSA) is 98.3 Å². The van der Waals surface area contributed by atoms with Crippen molar-refractivity contribution >= 4 is 27.1 Å². The van der Waals surface area contributed by atoms with Crippen molar-refractivity contribution in [2.75, 3.05) is 50.6 Å². The number of amides is 1. The number of ether oxygens (including phenoxy) is 3. The van der Waals surface area contributed by atoms with E-state index in [-0.39, 0.29) is 23.0 Å². The molecule has 1 aromatic carbocycles. The van der Waals surface area contributed by atoms with Gasteiger partial charge >= 0.3 is 0 Å². The Kier molecular flexibility index (Phi) is 6.35. The molecule has 5 rings (SSSR count). The number of aromatic nitrogens is 1. The van der Waals surface area contributed by atoms with Gasteiger partial charge < -0.3 is 24.0 Å². The SMILES string of the molecule is CS(=O)(=O)c1ccc(N2CCOc3ccc(O[C@H]4CCN(C(=O)C5CCOCC5)C4)cc32)cn1. The fourth-order valence-electron chi connectivity index (χ4n) is 4.71. The molecule has 10 heteroatoms. The largest absolute Gasteiger partial charge is 0.490 e. The van der Waals surface area contributed by atoms with Crippen LogP contribution >= 0.6 is 0 Å². The first-order valence-corrected chi connectivity index (χ1v) is 13.5. The van der Waals surface area contributed by atoms with Gasteiger partial charge in [0.05, 0.1) is 30.7 Å². The van der Waals surface area contributed by atoms with E-state index in [1.54, 1.807) is 12.3 Å². The molecule has 0 bridgehead atoms. The lowest BCUT2D eigenvalue weighted by atomic mass is 9.99. The molecule has 2 fully saturated rings. The monoisotopic (exact) mass is 487 g/mol. The van der Waals surface area contributed by atoms with Crippen molar-refractivity contribution in [2.24, 2.45) is 5.92 Å². The van der Waals surface area contributed by atoms with Crippen LogP contribution in [0.5, 0.6) is 11.5 Å². The zero-order valence-electron chi connectivity index (χ0n) is 19.2. The molecule has 2 saturated heterocycles. The van der Waals surface area contributed by atoms with Crippen LogP contribution in [-0.4, -0.2) is 76.0 Å². The summed E-state index contributed by atoms with van der Waals surface area (Å²) in [5.41, 5.74) is 1.62. The van der Waals surface area contributed by atoms with Gasteiger partial charge in [-0.25, -0.2) is 13.4 Å². The summed E-state index contributed by atoms with van der Waals surface area (Å²) in [5, 5.41) is 0.0444. The first-order chi connectivity index (χ1) is 16.4. The van der Waals surface area contributed by atoms with Crippen LogP contribution < -0.4 is 14.4 Å². The second kappa shape index (κ2) is 9.42. The summed E-state index contributed by atoms with van der Waals surface area (Å²) in [6, 6.07) is 8.97. The quantitative estimate of drug-likeness (QED) is 0.634. The number of carbonyl (C=O) groups is 1. The van der Waals surface area contributed by atoms with Gasteiger partial charge in [-0.15, -0.1) is 0 Å². The molecule has 3 aliphatic heterocycles. The highest BCUT2D eigenvalue weighted by Gasteiger charge is 2.33. The second-order valence-electron chi connectivity index (χ2n) is 8.96. The van der Waals surface area contributed by atoms with Crippen molar-refractivity contribution in [3.63, 3.8) is 0 Å². The van der Waals surface area contributed by atoms with Crippen LogP contribution in [0.15, 0.2) is 41.6 Å². The lowest BCUT2D eigenvalue weighted by Crippen LogP contribution is -2.38. The van der Waals surface area contributed by atoms with Crippen molar-refractivity contribution in [3.05, 3.63) is 36.5 Å². The Morgan fingerprint density at radius 3 is 2.65 bits per heavy atom. The molecule has 1 aromatic heterocycles. The number of anilines is 2. The smallest absolute Gasteiger partial charge is 0.225 e. The van der Waals surface area contributed by atoms with Crippen LogP contribution in [0.25, 0.3) is 0 Å². The van der Waals surface area contributed by atoms with E-state index in [1.165, 1.54) is 6.07 Å². The molecule has 34 heavy (non-hydrogen) atoms. The highest BCUT2D eigenvalue weighted by Crippen LogP contribution is 2.39. The first kappa shape index (κ1) is 22.9. The number of sulfone groups is 1. The number of pyridine rings is 1. The van der Waals surface area contributed by atoms with Crippen LogP contribution in [0.3, 0.4) is 0 Å². The Bertz CT molecular complexity index is 1150. The molecule has 0 radical (unpaired) electrons. The minimum atomic E-state index is -3.36. The molecule has 0 saturated carbocycles. The van der Waals surface area contributed by atoms with E-state index in [0.29, 0.717) is 45.2 Å². The molecule has 2 aromatic rings. The summed E-state index contributed by atoms with van der Waals surface area (Å²) in [5.74, 6) is 1.71.